The van der Waals surface area contributed by atoms with Gasteiger partial charge in [-0.3, -0.25) is 0 Å². The van der Waals surface area contributed by atoms with E-state index in [0.717, 1.165) is 26.1 Å². The predicted molar refractivity (Wildman–Crippen MR) is 76.9 cm³/mol. The van der Waals surface area contributed by atoms with Gasteiger partial charge in [0.25, 0.3) is 0 Å². The summed E-state index contributed by atoms with van der Waals surface area (Å²) in [5, 5.41) is 10.0. The second-order valence-corrected chi connectivity index (χ2v) is 7.53. The number of piperidine rings is 1. The first-order chi connectivity index (χ1) is 8.63. The number of ether oxygens (including phenoxy) is 1. The minimum atomic E-state index is -0.268. The van der Waals surface area contributed by atoms with E-state index in [-0.39, 0.29) is 23.3 Å². The number of aliphatic hydroxyl groups is 1. The summed E-state index contributed by atoms with van der Waals surface area (Å²) in [5.41, 5.74) is 5.93. The number of nitrogens with zero attached hydrogens (tertiary/aromatic N) is 1. The van der Waals surface area contributed by atoms with Crippen molar-refractivity contribution in [3.63, 3.8) is 0 Å². The van der Waals surface area contributed by atoms with Crippen molar-refractivity contribution < 1.29 is 9.84 Å². The minimum Gasteiger partial charge on any atom is -0.392 e. The average molecular weight is 270 g/mol. The van der Waals surface area contributed by atoms with E-state index >= 15 is 0 Å². The van der Waals surface area contributed by atoms with Gasteiger partial charge in [-0.15, -0.1) is 0 Å². The van der Waals surface area contributed by atoms with Crippen molar-refractivity contribution in [3.8, 4) is 0 Å². The standard InChI is InChI=1S/C15H30N2O2/c1-10-6-7-17(9-12(10)18)8-11-13(16)15(4,5)19-14(11,2)3/h10-13,18H,6-9,16H2,1-5H3. The van der Waals surface area contributed by atoms with Crippen molar-refractivity contribution in [2.75, 3.05) is 19.6 Å². The maximum absolute atomic E-state index is 10.0. The number of hydrogen-bond donors (Lipinski definition) is 2. The van der Waals surface area contributed by atoms with Gasteiger partial charge in [-0.1, -0.05) is 6.92 Å². The molecule has 4 heteroatoms. The molecule has 4 nitrogen and oxygen atoms in total. The van der Waals surface area contributed by atoms with Gasteiger partial charge in [-0.25, -0.2) is 0 Å². The number of likely N-dealkylation sites (tertiary alicyclic amines) is 1. The van der Waals surface area contributed by atoms with Gasteiger partial charge in [0.1, 0.15) is 0 Å². The van der Waals surface area contributed by atoms with Gasteiger partial charge >= 0.3 is 0 Å². The molecular formula is C15H30N2O2. The van der Waals surface area contributed by atoms with E-state index in [2.05, 4.69) is 39.5 Å². The molecule has 2 aliphatic heterocycles. The molecule has 2 rings (SSSR count). The topological polar surface area (TPSA) is 58.7 Å². The molecule has 112 valence electrons. The molecule has 0 spiro atoms. The van der Waals surface area contributed by atoms with Crippen LogP contribution in [0.3, 0.4) is 0 Å². The molecule has 0 aromatic rings. The molecule has 4 unspecified atom stereocenters. The van der Waals surface area contributed by atoms with Crippen LogP contribution in [0.1, 0.15) is 41.0 Å². The normalized spacial score (nSPS) is 42.5. The molecule has 0 bridgehead atoms. The third-order valence-electron chi connectivity index (χ3n) is 5.11. The summed E-state index contributed by atoms with van der Waals surface area (Å²) in [6, 6.07) is 0.0407. The van der Waals surface area contributed by atoms with Crippen LogP contribution >= 0.6 is 0 Å². The van der Waals surface area contributed by atoms with Crippen LogP contribution in [-0.4, -0.2) is 53.0 Å². The summed E-state index contributed by atoms with van der Waals surface area (Å²) < 4.78 is 6.14. The van der Waals surface area contributed by atoms with E-state index in [9.17, 15) is 5.11 Å². The zero-order valence-corrected chi connectivity index (χ0v) is 13.0. The Balaban J connectivity index is 2.02. The van der Waals surface area contributed by atoms with Gasteiger partial charge in [-0.2, -0.15) is 0 Å². The summed E-state index contributed by atoms with van der Waals surface area (Å²) in [6.45, 7) is 13.3. The summed E-state index contributed by atoms with van der Waals surface area (Å²) in [6.07, 6.45) is 0.858. The molecule has 0 aromatic heterocycles. The van der Waals surface area contributed by atoms with Gasteiger partial charge in [0.15, 0.2) is 0 Å². The smallest absolute Gasteiger partial charge is 0.0788 e. The van der Waals surface area contributed by atoms with Crippen molar-refractivity contribution >= 4 is 0 Å². The number of β-amino-alcohol motifs (C(OH)–C–C–N with tert-alkyl or cyclic N) is 1. The van der Waals surface area contributed by atoms with E-state index in [0.29, 0.717) is 11.8 Å². The van der Waals surface area contributed by atoms with E-state index in [1.54, 1.807) is 0 Å². The van der Waals surface area contributed by atoms with Gasteiger partial charge in [0.2, 0.25) is 0 Å². The van der Waals surface area contributed by atoms with Crippen LogP contribution in [0.2, 0.25) is 0 Å². The number of rotatable bonds is 2. The van der Waals surface area contributed by atoms with Gasteiger partial charge in [0.05, 0.1) is 17.3 Å². The highest BCUT2D eigenvalue weighted by atomic mass is 16.5. The highest BCUT2D eigenvalue weighted by molar-refractivity contribution is 5.05. The SMILES string of the molecule is CC1CCN(CC2C(N)C(C)(C)OC2(C)C)CC1O. The van der Waals surface area contributed by atoms with Crippen LogP contribution < -0.4 is 5.73 Å². The lowest BCUT2D eigenvalue weighted by Gasteiger charge is -2.38. The summed E-state index contributed by atoms with van der Waals surface area (Å²) in [7, 11) is 0. The lowest BCUT2D eigenvalue weighted by atomic mass is 9.82. The summed E-state index contributed by atoms with van der Waals surface area (Å²) >= 11 is 0. The van der Waals surface area contributed by atoms with E-state index in [4.69, 9.17) is 10.5 Å². The molecule has 3 N–H and O–H groups in total. The zero-order valence-electron chi connectivity index (χ0n) is 13.0. The van der Waals surface area contributed by atoms with E-state index < -0.39 is 0 Å². The van der Waals surface area contributed by atoms with Crippen molar-refractivity contribution in [3.05, 3.63) is 0 Å². The molecule has 2 heterocycles. The Morgan fingerprint density at radius 2 is 1.89 bits per heavy atom. The second kappa shape index (κ2) is 4.99. The molecule has 4 atom stereocenters. The predicted octanol–water partition coefficient (Wildman–Crippen LogP) is 1.22. The Labute approximate surface area is 117 Å². The fourth-order valence-electron chi connectivity index (χ4n) is 3.63. The summed E-state index contributed by atoms with van der Waals surface area (Å²) in [5.74, 6) is 0.720. The molecule has 0 saturated carbocycles. The molecule has 0 aromatic carbocycles. The quantitative estimate of drug-likeness (QED) is 0.792. The van der Waals surface area contributed by atoms with Gasteiger partial charge in [-0.05, 0) is 46.6 Å². The van der Waals surface area contributed by atoms with Crippen LogP contribution in [0.4, 0.5) is 0 Å². The largest absolute Gasteiger partial charge is 0.392 e. The van der Waals surface area contributed by atoms with Crippen molar-refractivity contribution in [2.45, 2.75) is 64.4 Å². The average Bonchev–Trinajstić information content (AvgIpc) is 2.42. The molecule has 2 saturated heterocycles. The van der Waals surface area contributed by atoms with Crippen molar-refractivity contribution in [1.82, 2.24) is 4.90 Å². The maximum Gasteiger partial charge on any atom is 0.0788 e. The van der Waals surface area contributed by atoms with Crippen LogP contribution in [0, 0.1) is 11.8 Å². The first kappa shape index (κ1) is 15.2. The lowest BCUT2D eigenvalue weighted by molar-refractivity contribution is -0.0804. The molecule has 19 heavy (non-hydrogen) atoms. The van der Waals surface area contributed by atoms with Crippen LogP contribution in [0.25, 0.3) is 0 Å². The molecule has 2 fully saturated rings. The number of aliphatic hydroxyl groups excluding tert-OH is 1. The Kier molecular flexibility index (Phi) is 4.00. The summed E-state index contributed by atoms with van der Waals surface area (Å²) in [4.78, 5) is 2.35. The molecular weight excluding hydrogens is 240 g/mol. The molecule has 0 amide bonds. The van der Waals surface area contributed by atoms with Gasteiger partial charge < -0.3 is 20.5 Å². The van der Waals surface area contributed by atoms with E-state index in [1.165, 1.54) is 0 Å². The van der Waals surface area contributed by atoms with Gasteiger partial charge in [0, 0.05) is 25.0 Å². The highest BCUT2D eigenvalue weighted by Crippen LogP contribution is 2.41. The van der Waals surface area contributed by atoms with Crippen LogP contribution in [0.5, 0.6) is 0 Å². The fourth-order valence-corrected chi connectivity index (χ4v) is 3.63. The molecule has 0 radical (unpaired) electrons. The number of nitrogens with two attached hydrogens (primary N) is 1. The Bertz CT molecular complexity index is 330. The maximum atomic E-state index is 10.0. The monoisotopic (exact) mass is 270 g/mol. The minimum absolute atomic E-state index is 0.0407. The van der Waals surface area contributed by atoms with Crippen molar-refractivity contribution in [2.24, 2.45) is 17.6 Å². The Morgan fingerprint density at radius 1 is 1.26 bits per heavy atom. The first-order valence-electron chi connectivity index (χ1n) is 7.49. The highest BCUT2D eigenvalue weighted by Gasteiger charge is 2.52. The third kappa shape index (κ3) is 2.97. The Morgan fingerprint density at radius 3 is 2.37 bits per heavy atom. The molecule has 2 aliphatic rings. The Hall–Kier alpha value is -0.160. The van der Waals surface area contributed by atoms with Crippen molar-refractivity contribution in [1.29, 1.82) is 0 Å². The molecule has 0 aliphatic carbocycles. The third-order valence-corrected chi connectivity index (χ3v) is 5.11. The second-order valence-electron chi connectivity index (χ2n) is 7.53. The fraction of sp³-hybridized carbons (Fsp3) is 1.00. The zero-order chi connectivity index (χ0) is 14.4. The number of hydrogen-bond acceptors (Lipinski definition) is 4. The van der Waals surface area contributed by atoms with E-state index in [1.807, 2.05) is 0 Å². The van der Waals surface area contributed by atoms with Crippen LogP contribution in [0.15, 0.2) is 0 Å². The van der Waals surface area contributed by atoms with Crippen LogP contribution in [-0.2, 0) is 4.74 Å². The lowest BCUT2D eigenvalue weighted by Crippen LogP contribution is -2.51. The first-order valence-corrected chi connectivity index (χ1v) is 7.49.